The normalized spacial score (nSPS) is 29.9. The number of hydrogen-bond acceptors (Lipinski definition) is 6. The van der Waals surface area contributed by atoms with Gasteiger partial charge in [-0.05, 0) is 45.6 Å². The summed E-state index contributed by atoms with van der Waals surface area (Å²) in [5.41, 5.74) is 0.978. The molecule has 1 spiro atoms. The zero-order chi connectivity index (χ0) is 25.3. The summed E-state index contributed by atoms with van der Waals surface area (Å²) in [5, 5.41) is 10.4. The lowest BCUT2D eigenvalue weighted by molar-refractivity contribution is -0.154. The maximum atomic E-state index is 14.2. The van der Waals surface area contributed by atoms with Crippen molar-refractivity contribution < 1.29 is 24.2 Å². The van der Waals surface area contributed by atoms with Crippen LogP contribution in [-0.2, 0) is 25.5 Å². The standard InChI is InChI=1S/C27H36N2O5S/c1-5-14-28(17(3)4)25(32)23-27-13-12-20(35-27)21(26(33)34-6-2)22(27)24(31)29(23)19(16-30)15-18-10-8-7-9-11-18/h5,7-11,17,19-23,30H,1,6,12-16H2,2-4H3/t19-,20+,21-,22+,23?,27?/m1/s1. The smallest absolute Gasteiger partial charge is 0.310 e. The van der Waals surface area contributed by atoms with Crippen molar-refractivity contribution in [3.05, 3.63) is 48.6 Å². The Hall–Kier alpha value is -2.32. The van der Waals surface area contributed by atoms with Gasteiger partial charge in [-0.2, -0.15) is 0 Å². The number of hydrogen-bond donors (Lipinski definition) is 1. The monoisotopic (exact) mass is 500 g/mol. The fourth-order valence-corrected chi connectivity index (χ4v) is 8.45. The number of benzene rings is 1. The second-order valence-corrected chi connectivity index (χ2v) is 11.6. The third kappa shape index (κ3) is 4.29. The highest BCUT2D eigenvalue weighted by atomic mass is 32.2. The minimum Gasteiger partial charge on any atom is -0.466 e. The summed E-state index contributed by atoms with van der Waals surface area (Å²) in [6.45, 7) is 9.83. The largest absolute Gasteiger partial charge is 0.466 e. The first kappa shape index (κ1) is 25.8. The number of carbonyl (C=O) groups is 3. The van der Waals surface area contributed by atoms with Gasteiger partial charge in [0.05, 0.1) is 35.8 Å². The minimum absolute atomic E-state index is 0.0333. The van der Waals surface area contributed by atoms with Crippen LogP contribution in [0.1, 0.15) is 39.2 Å². The van der Waals surface area contributed by atoms with E-state index in [9.17, 15) is 19.5 Å². The summed E-state index contributed by atoms with van der Waals surface area (Å²) in [7, 11) is 0. The van der Waals surface area contributed by atoms with Crippen molar-refractivity contribution in [1.82, 2.24) is 9.80 Å². The van der Waals surface area contributed by atoms with E-state index in [1.807, 2.05) is 44.2 Å². The Morgan fingerprint density at radius 1 is 1.34 bits per heavy atom. The van der Waals surface area contributed by atoms with Crippen LogP contribution in [0.2, 0.25) is 0 Å². The van der Waals surface area contributed by atoms with Crippen molar-refractivity contribution in [1.29, 1.82) is 0 Å². The average Bonchev–Trinajstić information content (AvgIpc) is 3.48. The molecule has 1 aromatic rings. The van der Waals surface area contributed by atoms with Gasteiger partial charge in [-0.1, -0.05) is 36.4 Å². The molecule has 2 amide bonds. The highest BCUT2D eigenvalue weighted by molar-refractivity contribution is 8.02. The van der Waals surface area contributed by atoms with Gasteiger partial charge >= 0.3 is 5.97 Å². The van der Waals surface area contributed by atoms with Gasteiger partial charge in [0.25, 0.3) is 0 Å². The fourth-order valence-electron chi connectivity index (χ4n) is 6.26. The molecule has 190 valence electrons. The van der Waals surface area contributed by atoms with Crippen LogP contribution in [0.15, 0.2) is 43.0 Å². The Bertz CT molecular complexity index is 970. The molecule has 1 aromatic carbocycles. The number of ether oxygens (including phenoxy) is 1. The van der Waals surface area contributed by atoms with E-state index in [-0.39, 0.29) is 42.3 Å². The summed E-state index contributed by atoms with van der Waals surface area (Å²) in [6.07, 6.45) is 3.57. The summed E-state index contributed by atoms with van der Waals surface area (Å²) in [4.78, 5) is 44.7. The number of amides is 2. The molecule has 35 heavy (non-hydrogen) atoms. The van der Waals surface area contributed by atoms with Gasteiger partial charge in [0.15, 0.2) is 0 Å². The minimum atomic E-state index is -0.752. The predicted octanol–water partition coefficient (Wildman–Crippen LogP) is 2.67. The number of carbonyl (C=O) groups excluding carboxylic acids is 3. The molecule has 3 aliphatic heterocycles. The Morgan fingerprint density at radius 3 is 2.66 bits per heavy atom. The van der Waals surface area contributed by atoms with E-state index < -0.39 is 28.7 Å². The molecule has 8 heteroatoms. The molecule has 4 rings (SSSR count). The molecular weight excluding hydrogens is 464 g/mol. The summed E-state index contributed by atoms with van der Waals surface area (Å²) >= 11 is 1.62. The van der Waals surface area contributed by atoms with Crippen molar-refractivity contribution in [3.8, 4) is 0 Å². The molecule has 0 saturated carbocycles. The lowest BCUT2D eigenvalue weighted by Gasteiger charge is -2.40. The van der Waals surface area contributed by atoms with Crippen molar-refractivity contribution in [2.24, 2.45) is 11.8 Å². The van der Waals surface area contributed by atoms with Crippen LogP contribution >= 0.6 is 11.8 Å². The molecular formula is C27H36N2O5S. The Kier molecular flexibility index (Phi) is 7.62. The number of rotatable bonds is 10. The molecule has 3 heterocycles. The number of thioether (sulfide) groups is 1. The van der Waals surface area contributed by atoms with Crippen molar-refractivity contribution in [2.75, 3.05) is 19.8 Å². The van der Waals surface area contributed by atoms with E-state index in [1.54, 1.807) is 34.6 Å². The first-order chi connectivity index (χ1) is 16.8. The summed E-state index contributed by atoms with van der Waals surface area (Å²) in [6, 6.07) is 8.27. The zero-order valence-electron chi connectivity index (χ0n) is 20.8. The molecule has 1 N–H and O–H groups in total. The summed E-state index contributed by atoms with van der Waals surface area (Å²) < 4.78 is 4.69. The Balaban J connectivity index is 1.79. The first-order valence-corrected chi connectivity index (χ1v) is 13.4. The van der Waals surface area contributed by atoms with Crippen LogP contribution in [0.25, 0.3) is 0 Å². The number of aliphatic hydroxyl groups excluding tert-OH is 1. The van der Waals surface area contributed by atoms with E-state index in [0.29, 0.717) is 19.4 Å². The van der Waals surface area contributed by atoms with Crippen LogP contribution in [0, 0.1) is 11.8 Å². The van der Waals surface area contributed by atoms with Crippen molar-refractivity contribution in [3.63, 3.8) is 0 Å². The Labute approximate surface area is 211 Å². The van der Waals surface area contributed by atoms with Crippen molar-refractivity contribution >= 4 is 29.5 Å². The number of likely N-dealkylation sites (tertiary alicyclic amines) is 1. The van der Waals surface area contributed by atoms with Gasteiger partial charge in [-0.25, -0.2) is 0 Å². The van der Waals surface area contributed by atoms with Crippen LogP contribution in [-0.4, -0.2) is 80.6 Å². The number of aliphatic hydroxyl groups is 1. The molecule has 0 aromatic heterocycles. The molecule has 6 atom stereocenters. The van der Waals surface area contributed by atoms with Crippen molar-refractivity contribution in [2.45, 2.75) is 68.2 Å². The third-order valence-electron chi connectivity index (χ3n) is 7.68. The molecule has 0 aliphatic carbocycles. The zero-order valence-corrected chi connectivity index (χ0v) is 21.6. The highest BCUT2D eigenvalue weighted by Gasteiger charge is 2.74. The molecule has 7 nitrogen and oxygen atoms in total. The van der Waals surface area contributed by atoms with E-state index >= 15 is 0 Å². The first-order valence-electron chi connectivity index (χ1n) is 12.5. The van der Waals surface area contributed by atoms with E-state index in [1.165, 1.54) is 0 Å². The third-order valence-corrected chi connectivity index (χ3v) is 9.63. The van der Waals surface area contributed by atoms with Crippen LogP contribution in [0.3, 0.4) is 0 Å². The molecule has 3 fully saturated rings. The topological polar surface area (TPSA) is 87.2 Å². The average molecular weight is 501 g/mol. The van der Waals surface area contributed by atoms with Gasteiger partial charge in [0, 0.05) is 17.8 Å². The Morgan fingerprint density at radius 2 is 2.06 bits per heavy atom. The number of fused-ring (bicyclic) bond motifs is 1. The number of esters is 1. The molecule has 3 saturated heterocycles. The quantitative estimate of drug-likeness (QED) is 0.393. The maximum Gasteiger partial charge on any atom is 0.310 e. The fraction of sp³-hybridized carbons (Fsp3) is 0.593. The maximum absolute atomic E-state index is 14.2. The lowest BCUT2D eigenvalue weighted by atomic mass is 9.71. The van der Waals surface area contributed by atoms with Gasteiger partial charge < -0.3 is 19.6 Å². The molecule has 3 aliphatic rings. The summed E-state index contributed by atoms with van der Waals surface area (Å²) in [5.74, 6) is -1.90. The van der Waals surface area contributed by atoms with Gasteiger partial charge in [0.2, 0.25) is 11.8 Å². The van der Waals surface area contributed by atoms with Crippen LogP contribution in [0.5, 0.6) is 0 Å². The van der Waals surface area contributed by atoms with E-state index in [4.69, 9.17) is 4.74 Å². The number of nitrogens with zero attached hydrogens (tertiary/aromatic N) is 2. The van der Waals surface area contributed by atoms with Gasteiger partial charge in [0.1, 0.15) is 6.04 Å². The van der Waals surface area contributed by atoms with E-state index in [0.717, 1.165) is 12.0 Å². The van der Waals surface area contributed by atoms with Crippen LogP contribution in [0.4, 0.5) is 0 Å². The van der Waals surface area contributed by atoms with Gasteiger partial charge in [-0.3, -0.25) is 14.4 Å². The van der Waals surface area contributed by atoms with E-state index in [2.05, 4.69) is 6.58 Å². The van der Waals surface area contributed by atoms with Crippen LogP contribution < -0.4 is 0 Å². The second kappa shape index (κ2) is 10.3. The second-order valence-electron chi connectivity index (χ2n) is 9.95. The SMILES string of the molecule is C=CCN(C(=O)C1N([C@@H](CO)Cc2ccccc2)C(=O)[C@@H]2[C@H](C(=O)OCC)[C@@H]3CCC12S3)C(C)C. The molecule has 2 bridgehead atoms. The van der Waals surface area contributed by atoms with Gasteiger partial charge in [-0.15, -0.1) is 18.3 Å². The molecule has 0 radical (unpaired) electrons. The highest BCUT2D eigenvalue weighted by Crippen LogP contribution is 2.67. The predicted molar refractivity (Wildman–Crippen MR) is 136 cm³/mol. The lowest BCUT2D eigenvalue weighted by Crippen LogP contribution is -2.58. The molecule has 2 unspecified atom stereocenters.